The number of fused-ring (bicyclic) bond motifs is 1. The minimum absolute atomic E-state index is 0.321. The van der Waals surface area contributed by atoms with Gasteiger partial charge in [-0.1, -0.05) is 42.5 Å². The number of benzene rings is 2. The highest BCUT2D eigenvalue weighted by Crippen LogP contribution is 2.35. The maximum absolute atomic E-state index is 10.1. The lowest BCUT2D eigenvalue weighted by Gasteiger charge is -1.97. The molecule has 3 aromatic rings. The topological polar surface area (TPSA) is 36.0 Å². The Hall–Kier alpha value is -2.22. The predicted octanol–water partition coefficient (Wildman–Crippen LogP) is 3.54. The minimum atomic E-state index is 0.321. The molecular weight excluding hydrogens is 198 g/mol. The quantitative estimate of drug-likeness (QED) is 0.631. The number of H-pyrrole nitrogens is 1. The number of rotatable bonds is 1. The van der Waals surface area contributed by atoms with Crippen LogP contribution in [0.3, 0.4) is 0 Å². The van der Waals surface area contributed by atoms with E-state index in [0.29, 0.717) is 5.75 Å². The van der Waals surface area contributed by atoms with Gasteiger partial charge in [0.1, 0.15) is 5.75 Å². The Morgan fingerprint density at radius 3 is 2.25 bits per heavy atom. The molecule has 0 unspecified atom stereocenters. The van der Waals surface area contributed by atoms with E-state index in [1.54, 1.807) is 0 Å². The first-order valence-corrected chi connectivity index (χ1v) is 5.21. The van der Waals surface area contributed by atoms with Crippen molar-refractivity contribution in [2.24, 2.45) is 0 Å². The van der Waals surface area contributed by atoms with Gasteiger partial charge in [-0.05, 0) is 12.1 Å². The lowest BCUT2D eigenvalue weighted by Crippen LogP contribution is -1.75. The molecule has 78 valence electrons. The molecule has 0 radical (unpaired) electrons. The van der Waals surface area contributed by atoms with E-state index in [1.165, 1.54) is 0 Å². The molecule has 0 fully saturated rings. The van der Waals surface area contributed by atoms with Crippen LogP contribution in [0.1, 0.15) is 0 Å². The summed E-state index contributed by atoms with van der Waals surface area (Å²) >= 11 is 0. The fourth-order valence-corrected chi connectivity index (χ4v) is 1.94. The summed E-state index contributed by atoms with van der Waals surface area (Å²) in [5.41, 5.74) is 2.73. The summed E-state index contributed by atoms with van der Waals surface area (Å²) in [6.07, 6.45) is 0. The van der Waals surface area contributed by atoms with Gasteiger partial charge in [0.15, 0.2) is 0 Å². The number of hydrogen-bond donors (Lipinski definition) is 2. The normalized spacial score (nSPS) is 10.8. The lowest BCUT2D eigenvalue weighted by atomic mass is 10.1. The van der Waals surface area contributed by atoms with Gasteiger partial charge in [-0.2, -0.15) is 0 Å². The largest absolute Gasteiger partial charge is 0.505 e. The summed E-state index contributed by atoms with van der Waals surface area (Å²) in [5.74, 6) is 0.321. The summed E-state index contributed by atoms with van der Waals surface area (Å²) in [6.45, 7) is 0. The molecule has 2 heteroatoms. The van der Waals surface area contributed by atoms with Crippen LogP contribution in [0, 0.1) is 0 Å². The average molecular weight is 209 g/mol. The standard InChI is InChI=1S/C14H11NO/c16-14-11-8-4-5-9-12(11)15-13(14)10-6-2-1-3-7-10/h1-9,15-16H. The number of aromatic hydroxyl groups is 1. The molecule has 0 saturated carbocycles. The maximum atomic E-state index is 10.1. The van der Waals surface area contributed by atoms with E-state index in [9.17, 15) is 5.11 Å². The molecule has 0 saturated heterocycles. The Morgan fingerprint density at radius 2 is 1.50 bits per heavy atom. The molecule has 1 aromatic heterocycles. The van der Waals surface area contributed by atoms with Crippen LogP contribution in [0.15, 0.2) is 54.6 Å². The van der Waals surface area contributed by atoms with Crippen LogP contribution in [-0.2, 0) is 0 Å². The van der Waals surface area contributed by atoms with Crippen molar-refractivity contribution in [1.82, 2.24) is 4.98 Å². The number of hydrogen-bond acceptors (Lipinski definition) is 1. The number of para-hydroxylation sites is 1. The van der Waals surface area contributed by atoms with E-state index in [2.05, 4.69) is 4.98 Å². The van der Waals surface area contributed by atoms with Crippen LogP contribution in [0.2, 0.25) is 0 Å². The molecule has 0 aliphatic heterocycles. The summed E-state index contributed by atoms with van der Waals surface area (Å²) in [7, 11) is 0. The molecule has 16 heavy (non-hydrogen) atoms. The molecule has 0 aliphatic rings. The average Bonchev–Trinajstić information content (AvgIpc) is 2.69. The molecule has 0 spiro atoms. The van der Waals surface area contributed by atoms with Crippen molar-refractivity contribution in [2.45, 2.75) is 0 Å². The Bertz CT molecular complexity index is 626. The Labute approximate surface area is 93.2 Å². The van der Waals surface area contributed by atoms with Crippen molar-refractivity contribution in [2.75, 3.05) is 0 Å². The van der Waals surface area contributed by atoms with Crippen molar-refractivity contribution in [3.63, 3.8) is 0 Å². The summed E-state index contributed by atoms with van der Waals surface area (Å²) in [6, 6.07) is 17.6. The monoisotopic (exact) mass is 209 g/mol. The Kier molecular flexibility index (Phi) is 1.93. The van der Waals surface area contributed by atoms with E-state index in [4.69, 9.17) is 0 Å². The van der Waals surface area contributed by atoms with Crippen molar-refractivity contribution >= 4 is 10.9 Å². The molecule has 2 nitrogen and oxygen atoms in total. The van der Waals surface area contributed by atoms with E-state index in [1.807, 2.05) is 54.6 Å². The van der Waals surface area contributed by atoms with Crippen LogP contribution in [0.5, 0.6) is 5.75 Å². The van der Waals surface area contributed by atoms with Crippen molar-refractivity contribution in [3.05, 3.63) is 54.6 Å². The van der Waals surface area contributed by atoms with Crippen LogP contribution in [0.25, 0.3) is 22.2 Å². The van der Waals surface area contributed by atoms with E-state index >= 15 is 0 Å². The fraction of sp³-hybridized carbons (Fsp3) is 0. The Balaban J connectivity index is 2.29. The second-order valence-electron chi connectivity index (χ2n) is 3.76. The van der Waals surface area contributed by atoms with Gasteiger partial charge in [-0.3, -0.25) is 0 Å². The first-order chi connectivity index (χ1) is 7.86. The zero-order valence-electron chi connectivity index (χ0n) is 8.64. The summed E-state index contributed by atoms with van der Waals surface area (Å²) in [4.78, 5) is 3.23. The van der Waals surface area contributed by atoms with Gasteiger partial charge in [-0.25, -0.2) is 0 Å². The summed E-state index contributed by atoms with van der Waals surface area (Å²) < 4.78 is 0. The van der Waals surface area contributed by atoms with Gasteiger partial charge in [0.25, 0.3) is 0 Å². The van der Waals surface area contributed by atoms with E-state index < -0.39 is 0 Å². The van der Waals surface area contributed by atoms with Gasteiger partial charge >= 0.3 is 0 Å². The fourth-order valence-electron chi connectivity index (χ4n) is 1.94. The van der Waals surface area contributed by atoms with Crippen LogP contribution in [0.4, 0.5) is 0 Å². The van der Waals surface area contributed by atoms with Gasteiger partial charge in [0.05, 0.1) is 5.69 Å². The third-order valence-electron chi connectivity index (χ3n) is 2.74. The first kappa shape index (κ1) is 9.04. The van der Waals surface area contributed by atoms with Crippen molar-refractivity contribution < 1.29 is 5.11 Å². The molecule has 3 rings (SSSR count). The van der Waals surface area contributed by atoms with Gasteiger partial charge in [0.2, 0.25) is 0 Å². The van der Waals surface area contributed by atoms with Gasteiger partial charge in [-0.15, -0.1) is 0 Å². The number of aromatic nitrogens is 1. The molecule has 1 heterocycles. The highest BCUT2D eigenvalue weighted by atomic mass is 16.3. The zero-order chi connectivity index (χ0) is 11.0. The Morgan fingerprint density at radius 1 is 0.812 bits per heavy atom. The van der Waals surface area contributed by atoms with E-state index in [-0.39, 0.29) is 0 Å². The third-order valence-corrected chi connectivity index (χ3v) is 2.74. The number of aromatic amines is 1. The molecule has 0 bridgehead atoms. The van der Waals surface area contributed by atoms with E-state index in [0.717, 1.165) is 22.2 Å². The minimum Gasteiger partial charge on any atom is -0.505 e. The predicted molar refractivity (Wildman–Crippen MR) is 65.4 cm³/mol. The highest BCUT2D eigenvalue weighted by molar-refractivity contribution is 5.93. The van der Waals surface area contributed by atoms with Gasteiger partial charge in [0, 0.05) is 16.5 Å². The number of nitrogens with one attached hydrogen (secondary N) is 1. The molecular formula is C14H11NO. The molecule has 2 aromatic carbocycles. The van der Waals surface area contributed by atoms with Gasteiger partial charge < -0.3 is 10.1 Å². The second-order valence-corrected chi connectivity index (χ2v) is 3.76. The van der Waals surface area contributed by atoms with Crippen LogP contribution in [-0.4, -0.2) is 10.1 Å². The van der Waals surface area contributed by atoms with Crippen molar-refractivity contribution in [1.29, 1.82) is 0 Å². The van der Waals surface area contributed by atoms with Crippen molar-refractivity contribution in [3.8, 4) is 17.0 Å². The highest BCUT2D eigenvalue weighted by Gasteiger charge is 2.10. The third kappa shape index (κ3) is 1.27. The molecule has 0 amide bonds. The lowest BCUT2D eigenvalue weighted by molar-refractivity contribution is 0.483. The molecule has 0 aliphatic carbocycles. The van der Waals surface area contributed by atoms with Crippen LogP contribution >= 0.6 is 0 Å². The first-order valence-electron chi connectivity index (χ1n) is 5.21. The SMILES string of the molecule is Oc1c(-c2ccccc2)[nH]c2ccccc12. The molecule has 0 atom stereocenters. The maximum Gasteiger partial charge on any atom is 0.148 e. The van der Waals surface area contributed by atoms with Crippen LogP contribution < -0.4 is 0 Å². The molecule has 2 N–H and O–H groups in total. The second kappa shape index (κ2) is 3.42. The smallest absolute Gasteiger partial charge is 0.148 e. The summed E-state index contributed by atoms with van der Waals surface area (Å²) in [5, 5.41) is 11.0. The zero-order valence-corrected chi connectivity index (χ0v) is 8.64.